The van der Waals surface area contributed by atoms with Crippen LogP contribution in [0.5, 0.6) is 0 Å². The summed E-state index contributed by atoms with van der Waals surface area (Å²) in [5.41, 5.74) is 1.93. The van der Waals surface area contributed by atoms with Gasteiger partial charge < -0.3 is 10.4 Å². The van der Waals surface area contributed by atoms with Crippen LogP contribution in [0.2, 0.25) is 0 Å². The molecule has 2 heterocycles. The first-order valence-corrected chi connectivity index (χ1v) is 7.30. The minimum absolute atomic E-state index is 0.00742. The molecule has 0 spiro atoms. The molecule has 0 radical (unpaired) electrons. The van der Waals surface area contributed by atoms with Gasteiger partial charge in [0.1, 0.15) is 0 Å². The standard InChI is InChI=1S/C10H17N3O3S/c1-7-8(4-13(2)12-7)3-11-9-5-17(15,16)6-10(9)14/h4,9-11,14H,3,5-6H2,1-2H3. The van der Waals surface area contributed by atoms with Gasteiger partial charge in [-0.15, -0.1) is 0 Å². The topological polar surface area (TPSA) is 84.2 Å². The van der Waals surface area contributed by atoms with E-state index in [2.05, 4.69) is 10.4 Å². The number of aliphatic hydroxyl groups is 1. The molecule has 1 aromatic rings. The zero-order valence-electron chi connectivity index (χ0n) is 9.92. The van der Waals surface area contributed by atoms with Gasteiger partial charge in [-0.2, -0.15) is 5.10 Å². The largest absolute Gasteiger partial charge is 0.390 e. The van der Waals surface area contributed by atoms with E-state index in [1.165, 1.54) is 0 Å². The van der Waals surface area contributed by atoms with Crippen molar-refractivity contribution < 1.29 is 13.5 Å². The molecule has 6 nitrogen and oxygen atoms in total. The number of nitrogens with one attached hydrogen (secondary N) is 1. The number of hydrogen-bond donors (Lipinski definition) is 2. The molecule has 2 atom stereocenters. The summed E-state index contributed by atoms with van der Waals surface area (Å²) in [6, 6.07) is -0.375. The lowest BCUT2D eigenvalue weighted by atomic mass is 10.2. The van der Waals surface area contributed by atoms with Crippen LogP contribution in [0.1, 0.15) is 11.3 Å². The summed E-state index contributed by atoms with van der Waals surface area (Å²) in [5, 5.41) is 16.9. The Balaban J connectivity index is 1.97. The summed E-state index contributed by atoms with van der Waals surface area (Å²) >= 11 is 0. The molecule has 1 saturated heterocycles. The molecule has 17 heavy (non-hydrogen) atoms. The molecule has 96 valence electrons. The van der Waals surface area contributed by atoms with Crippen LogP contribution in [-0.2, 0) is 23.4 Å². The van der Waals surface area contributed by atoms with E-state index in [4.69, 9.17) is 0 Å². The molecular formula is C10H17N3O3S. The van der Waals surface area contributed by atoms with E-state index in [-0.39, 0.29) is 17.5 Å². The average molecular weight is 259 g/mol. The second-order valence-corrected chi connectivity index (χ2v) is 6.70. The maximum absolute atomic E-state index is 11.3. The SMILES string of the molecule is Cc1nn(C)cc1CNC1CS(=O)(=O)CC1O. The summed E-state index contributed by atoms with van der Waals surface area (Å²) in [4.78, 5) is 0. The Labute approximate surface area is 101 Å². The average Bonchev–Trinajstić information content (AvgIpc) is 2.63. The monoisotopic (exact) mass is 259 g/mol. The summed E-state index contributed by atoms with van der Waals surface area (Å²) in [6.07, 6.45) is 1.08. The zero-order chi connectivity index (χ0) is 12.6. The van der Waals surface area contributed by atoms with Gasteiger partial charge in [-0.1, -0.05) is 0 Å². The third kappa shape index (κ3) is 2.85. The van der Waals surface area contributed by atoms with Gasteiger partial charge in [-0.05, 0) is 6.92 Å². The lowest BCUT2D eigenvalue weighted by Crippen LogP contribution is -2.38. The predicted octanol–water partition coefficient (Wildman–Crippen LogP) is -1.02. The van der Waals surface area contributed by atoms with E-state index in [0.29, 0.717) is 6.54 Å². The summed E-state index contributed by atoms with van der Waals surface area (Å²) in [7, 11) is -1.25. The smallest absolute Gasteiger partial charge is 0.154 e. The van der Waals surface area contributed by atoms with Crippen LogP contribution < -0.4 is 5.32 Å². The van der Waals surface area contributed by atoms with Crippen molar-refractivity contribution in [3.8, 4) is 0 Å². The number of hydrogen-bond acceptors (Lipinski definition) is 5. The summed E-state index contributed by atoms with van der Waals surface area (Å²) in [6.45, 7) is 2.43. The highest BCUT2D eigenvalue weighted by Crippen LogP contribution is 2.13. The highest BCUT2D eigenvalue weighted by Gasteiger charge is 2.35. The Morgan fingerprint density at radius 3 is 2.76 bits per heavy atom. The Morgan fingerprint density at radius 2 is 2.29 bits per heavy atom. The number of nitrogens with zero attached hydrogens (tertiary/aromatic N) is 2. The fourth-order valence-corrected chi connectivity index (χ4v) is 3.86. The van der Waals surface area contributed by atoms with Gasteiger partial charge in [0.2, 0.25) is 0 Å². The molecule has 1 aliphatic heterocycles. The van der Waals surface area contributed by atoms with Gasteiger partial charge in [0.25, 0.3) is 0 Å². The molecule has 1 fully saturated rings. The molecule has 1 aromatic heterocycles. The third-order valence-corrected chi connectivity index (χ3v) is 4.71. The van der Waals surface area contributed by atoms with Gasteiger partial charge in [-0.25, -0.2) is 8.42 Å². The van der Waals surface area contributed by atoms with Gasteiger partial charge in [-0.3, -0.25) is 4.68 Å². The second-order valence-electron chi connectivity index (χ2n) is 4.55. The molecule has 0 amide bonds. The van der Waals surface area contributed by atoms with E-state index < -0.39 is 15.9 Å². The molecule has 0 saturated carbocycles. The number of aliphatic hydroxyl groups excluding tert-OH is 1. The molecule has 0 aliphatic carbocycles. The second kappa shape index (κ2) is 4.40. The molecule has 2 rings (SSSR count). The van der Waals surface area contributed by atoms with Gasteiger partial charge in [0.15, 0.2) is 9.84 Å². The van der Waals surface area contributed by atoms with Crippen molar-refractivity contribution in [1.29, 1.82) is 0 Å². The zero-order valence-corrected chi connectivity index (χ0v) is 10.7. The van der Waals surface area contributed by atoms with Crippen LogP contribution in [0.15, 0.2) is 6.20 Å². The molecule has 2 N–H and O–H groups in total. The summed E-state index contributed by atoms with van der Waals surface area (Å²) in [5.74, 6) is -0.135. The fraction of sp³-hybridized carbons (Fsp3) is 0.700. The normalized spacial score (nSPS) is 27.5. The van der Waals surface area contributed by atoms with Gasteiger partial charge in [0.05, 0.1) is 23.3 Å². The van der Waals surface area contributed by atoms with Crippen LogP contribution in [0.25, 0.3) is 0 Å². The van der Waals surface area contributed by atoms with Crippen LogP contribution in [0.3, 0.4) is 0 Å². The number of aryl methyl sites for hydroxylation is 2. The number of rotatable bonds is 3. The highest BCUT2D eigenvalue weighted by atomic mass is 32.2. The van der Waals surface area contributed by atoms with Crippen LogP contribution >= 0.6 is 0 Å². The van der Waals surface area contributed by atoms with E-state index in [0.717, 1.165) is 11.3 Å². The van der Waals surface area contributed by atoms with E-state index in [9.17, 15) is 13.5 Å². The van der Waals surface area contributed by atoms with E-state index >= 15 is 0 Å². The van der Waals surface area contributed by atoms with E-state index in [1.54, 1.807) is 4.68 Å². The number of aromatic nitrogens is 2. The summed E-state index contributed by atoms with van der Waals surface area (Å²) < 4.78 is 24.4. The van der Waals surface area contributed by atoms with Gasteiger partial charge in [0, 0.05) is 31.4 Å². The van der Waals surface area contributed by atoms with Crippen molar-refractivity contribution in [2.24, 2.45) is 7.05 Å². The first kappa shape index (κ1) is 12.5. The van der Waals surface area contributed by atoms with Gasteiger partial charge >= 0.3 is 0 Å². The molecular weight excluding hydrogens is 242 g/mol. The van der Waals surface area contributed by atoms with Crippen molar-refractivity contribution in [2.45, 2.75) is 25.6 Å². The predicted molar refractivity (Wildman–Crippen MR) is 63.2 cm³/mol. The molecule has 1 aliphatic rings. The van der Waals surface area contributed by atoms with Crippen molar-refractivity contribution in [2.75, 3.05) is 11.5 Å². The fourth-order valence-electron chi connectivity index (χ4n) is 2.09. The van der Waals surface area contributed by atoms with E-state index in [1.807, 2.05) is 20.2 Å². The molecule has 7 heteroatoms. The van der Waals surface area contributed by atoms with Crippen molar-refractivity contribution in [3.63, 3.8) is 0 Å². The van der Waals surface area contributed by atoms with Crippen molar-refractivity contribution in [3.05, 3.63) is 17.5 Å². The Kier molecular flexibility index (Phi) is 3.24. The third-order valence-electron chi connectivity index (χ3n) is 2.99. The quantitative estimate of drug-likeness (QED) is 0.725. The molecule has 2 unspecified atom stereocenters. The molecule has 0 aromatic carbocycles. The Bertz CT molecular complexity index is 509. The Hall–Kier alpha value is -0.920. The first-order chi connectivity index (χ1) is 7.87. The minimum atomic E-state index is -3.09. The highest BCUT2D eigenvalue weighted by molar-refractivity contribution is 7.91. The Morgan fingerprint density at radius 1 is 1.59 bits per heavy atom. The van der Waals surface area contributed by atoms with Crippen LogP contribution in [0.4, 0.5) is 0 Å². The lowest BCUT2D eigenvalue weighted by molar-refractivity contribution is 0.165. The first-order valence-electron chi connectivity index (χ1n) is 5.48. The van der Waals surface area contributed by atoms with Crippen LogP contribution in [-0.4, -0.2) is 47.0 Å². The van der Waals surface area contributed by atoms with Crippen LogP contribution in [0, 0.1) is 6.92 Å². The van der Waals surface area contributed by atoms with Crippen molar-refractivity contribution in [1.82, 2.24) is 15.1 Å². The lowest BCUT2D eigenvalue weighted by Gasteiger charge is -2.14. The van der Waals surface area contributed by atoms with Crippen molar-refractivity contribution >= 4 is 9.84 Å². The maximum Gasteiger partial charge on any atom is 0.154 e. The molecule has 0 bridgehead atoms. The number of sulfone groups is 1. The maximum atomic E-state index is 11.3. The minimum Gasteiger partial charge on any atom is -0.390 e.